The second-order valence-corrected chi connectivity index (χ2v) is 6.09. The molecular formula is C12H23N4OS+. The lowest BCUT2D eigenvalue weighted by molar-refractivity contribution is -0.744. The van der Waals surface area contributed by atoms with Gasteiger partial charge in [-0.05, 0) is 31.9 Å². The number of nitrogens with two attached hydrogens (primary N) is 1. The standard InChI is InChI=1S/C12H22N4OS/c1-9-11(17)14-12(18-2,16-15-9)13-10-7-5-3-4-6-8-10/h10,13,15-16H,1,3-8H2,2H3,(H,14,17)/p+1/t12-/m0/s1. The summed E-state index contributed by atoms with van der Waals surface area (Å²) in [5, 5.41) is 4.74. The van der Waals surface area contributed by atoms with Crippen molar-refractivity contribution in [2.75, 3.05) is 6.26 Å². The number of hydrogen-bond donors (Lipinski definition) is 4. The topological polar surface area (TPSA) is 69.8 Å². The highest BCUT2D eigenvalue weighted by molar-refractivity contribution is 7.99. The number of amides is 1. The number of carbonyl (C=O) groups excluding carboxylic acids is 1. The van der Waals surface area contributed by atoms with E-state index in [1.54, 1.807) is 11.8 Å². The summed E-state index contributed by atoms with van der Waals surface area (Å²) >= 11 is 1.60. The van der Waals surface area contributed by atoms with Crippen LogP contribution in [-0.4, -0.2) is 23.3 Å². The van der Waals surface area contributed by atoms with Crippen molar-refractivity contribution < 1.29 is 10.1 Å². The molecule has 1 aliphatic carbocycles. The predicted octanol–water partition coefficient (Wildman–Crippen LogP) is -0.0154. The van der Waals surface area contributed by atoms with E-state index >= 15 is 0 Å². The first kappa shape index (κ1) is 13.7. The first-order valence-corrected chi connectivity index (χ1v) is 7.83. The van der Waals surface area contributed by atoms with Crippen molar-refractivity contribution in [3.8, 4) is 0 Å². The van der Waals surface area contributed by atoms with Crippen LogP contribution in [0.1, 0.15) is 38.5 Å². The van der Waals surface area contributed by atoms with Crippen LogP contribution in [0, 0.1) is 0 Å². The molecule has 2 rings (SSSR count). The number of hydrazine groups is 1. The Morgan fingerprint density at radius 2 is 2.00 bits per heavy atom. The van der Waals surface area contributed by atoms with Crippen molar-refractivity contribution in [1.29, 1.82) is 0 Å². The maximum Gasteiger partial charge on any atom is 0.297 e. The fraction of sp³-hybridized carbons (Fsp3) is 0.750. The molecule has 5 nitrogen and oxygen atoms in total. The van der Waals surface area contributed by atoms with E-state index < -0.39 is 5.12 Å². The average Bonchev–Trinajstić information content (AvgIpc) is 2.63. The van der Waals surface area contributed by atoms with E-state index in [0.717, 1.165) is 0 Å². The van der Waals surface area contributed by atoms with Gasteiger partial charge in [0.2, 0.25) is 0 Å². The Labute approximate surface area is 113 Å². The van der Waals surface area contributed by atoms with E-state index in [4.69, 9.17) is 0 Å². The first-order chi connectivity index (χ1) is 8.65. The van der Waals surface area contributed by atoms with Crippen molar-refractivity contribution in [2.24, 2.45) is 0 Å². The molecule has 1 atom stereocenters. The van der Waals surface area contributed by atoms with Gasteiger partial charge in [-0.2, -0.15) is 5.43 Å². The molecule has 0 radical (unpaired) electrons. The summed E-state index contributed by atoms with van der Waals surface area (Å²) in [7, 11) is 0. The summed E-state index contributed by atoms with van der Waals surface area (Å²) in [6, 6.07) is 0.570. The maximum atomic E-state index is 11.7. The minimum Gasteiger partial charge on any atom is -0.310 e. The van der Waals surface area contributed by atoms with E-state index in [9.17, 15) is 4.79 Å². The Morgan fingerprint density at radius 1 is 1.33 bits per heavy atom. The Balaban J connectivity index is 1.98. The molecule has 18 heavy (non-hydrogen) atoms. The van der Waals surface area contributed by atoms with Gasteiger partial charge in [0.05, 0.1) is 6.04 Å². The summed E-state index contributed by atoms with van der Waals surface area (Å²) < 4.78 is 0. The predicted molar refractivity (Wildman–Crippen MR) is 73.2 cm³/mol. The molecule has 1 heterocycles. The van der Waals surface area contributed by atoms with Gasteiger partial charge >= 0.3 is 0 Å². The minimum absolute atomic E-state index is 0.132. The monoisotopic (exact) mass is 271 g/mol. The molecule has 102 valence electrons. The lowest BCUT2D eigenvalue weighted by Gasteiger charge is -2.37. The number of quaternary nitrogens is 1. The smallest absolute Gasteiger partial charge is 0.297 e. The van der Waals surface area contributed by atoms with Crippen LogP contribution in [0.3, 0.4) is 0 Å². The number of hydrogen-bond acceptors (Lipinski definition) is 4. The molecule has 0 aromatic heterocycles. The summed E-state index contributed by atoms with van der Waals surface area (Å²) in [6.07, 6.45) is 9.70. The van der Waals surface area contributed by atoms with E-state index in [1.165, 1.54) is 38.5 Å². The van der Waals surface area contributed by atoms with Crippen LogP contribution in [0.2, 0.25) is 0 Å². The summed E-state index contributed by atoms with van der Waals surface area (Å²) in [6.45, 7) is 3.65. The molecule has 1 aliphatic heterocycles. The first-order valence-electron chi connectivity index (χ1n) is 6.61. The van der Waals surface area contributed by atoms with Crippen LogP contribution in [0.25, 0.3) is 0 Å². The van der Waals surface area contributed by atoms with Gasteiger partial charge in [-0.1, -0.05) is 31.2 Å². The normalized spacial score (nSPS) is 30.5. The van der Waals surface area contributed by atoms with Crippen LogP contribution in [0.5, 0.6) is 0 Å². The second-order valence-electron chi connectivity index (χ2n) is 5.04. The molecule has 1 amide bonds. The molecule has 2 aliphatic rings. The maximum absolute atomic E-state index is 11.7. The Bertz CT molecular complexity index is 328. The molecule has 0 spiro atoms. The van der Waals surface area contributed by atoms with E-state index in [0.29, 0.717) is 11.7 Å². The van der Waals surface area contributed by atoms with Gasteiger partial charge in [0, 0.05) is 0 Å². The molecule has 6 heteroatoms. The van der Waals surface area contributed by atoms with Gasteiger partial charge in [0.25, 0.3) is 11.0 Å². The molecule has 0 bridgehead atoms. The van der Waals surface area contributed by atoms with Crippen LogP contribution in [-0.2, 0) is 4.79 Å². The highest BCUT2D eigenvalue weighted by atomic mass is 32.2. The number of rotatable bonds is 3. The Kier molecular flexibility index (Phi) is 4.53. The van der Waals surface area contributed by atoms with Crippen molar-refractivity contribution in [2.45, 2.75) is 49.7 Å². The van der Waals surface area contributed by atoms with Gasteiger partial charge in [-0.3, -0.25) is 15.4 Å². The van der Waals surface area contributed by atoms with Crippen LogP contribution >= 0.6 is 11.8 Å². The minimum atomic E-state index is -0.507. The zero-order valence-corrected chi connectivity index (χ0v) is 11.7. The summed E-state index contributed by atoms with van der Waals surface area (Å²) in [5.74, 6) is -0.132. The van der Waals surface area contributed by atoms with Crippen molar-refractivity contribution in [3.05, 3.63) is 12.3 Å². The molecule has 5 N–H and O–H groups in total. The zero-order valence-electron chi connectivity index (χ0n) is 10.9. The third-order valence-corrected chi connectivity index (χ3v) is 4.65. The lowest BCUT2D eigenvalue weighted by Crippen LogP contribution is -3.08. The number of carbonyl (C=O) groups is 1. The van der Waals surface area contributed by atoms with Gasteiger partial charge in [-0.25, -0.2) is 0 Å². The third kappa shape index (κ3) is 3.18. The Morgan fingerprint density at radius 3 is 2.56 bits per heavy atom. The van der Waals surface area contributed by atoms with Gasteiger partial charge < -0.3 is 5.43 Å². The van der Waals surface area contributed by atoms with E-state index in [2.05, 4.69) is 28.1 Å². The van der Waals surface area contributed by atoms with Crippen molar-refractivity contribution >= 4 is 17.7 Å². The SMILES string of the molecule is C=C1NN[C@@]([NH2+]C2CCCCCC2)(SC)NC1=O. The number of nitrogens with one attached hydrogen (secondary N) is 3. The molecular weight excluding hydrogens is 248 g/mol. The van der Waals surface area contributed by atoms with Gasteiger partial charge in [0.1, 0.15) is 5.70 Å². The lowest BCUT2D eigenvalue weighted by atomic mass is 10.1. The Hall–Kier alpha value is -0.720. The molecule has 1 saturated heterocycles. The fourth-order valence-electron chi connectivity index (χ4n) is 2.56. The van der Waals surface area contributed by atoms with E-state index in [1.807, 2.05) is 6.26 Å². The van der Waals surface area contributed by atoms with Crippen LogP contribution in [0.4, 0.5) is 0 Å². The highest BCUT2D eigenvalue weighted by Gasteiger charge is 2.41. The zero-order chi connectivity index (χ0) is 13.0. The fourth-order valence-corrected chi connectivity index (χ4v) is 3.24. The average molecular weight is 271 g/mol. The molecule has 0 aromatic rings. The van der Waals surface area contributed by atoms with E-state index in [-0.39, 0.29) is 5.91 Å². The molecule has 0 aromatic carbocycles. The van der Waals surface area contributed by atoms with Gasteiger partial charge in [0.15, 0.2) is 0 Å². The number of thioether (sulfide) groups is 1. The molecule has 0 unspecified atom stereocenters. The van der Waals surface area contributed by atoms with Crippen LogP contribution in [0.15, 0.2) is 12.3 Å². The summed E-state index contributed by atoms with van der Waals surface area (Å²) in [4.78, 5) is 11.7. The second kappa shape index (κ2) is 5.95. The molecule has 2 fully saturated rings. The highest BCUT2D eigenvalue weighted by Crippen LogP contribution is 2.17. The van der Waals surface area contributed by atoms with Crippen molar-refractivity contribution in [1.82, 2.24) is 16.2 Å². The largest absolute Gasteiger partial charge is 0.310 e. The van der Waals surface area contributed by atoms with Crippen molar-refractivity contribution in [3.63, 3.8) is 0 Å². The van der Waals surface area contributed by atoms with Gasteiger partial charge in [-0.15, -0.1) is 0 Å². The quantitative estimate of drug-likeness (QED) is 0.331. The molecule has 1 saturated carbocycles. The third-order valence-electron chi connectivity index (χ3n) is 3.66. The van der Waals surface area contributed by atoms with Crippen LogP contribution < -0.4 is 21.5 Å². The summed E-state index contributed by atoms with van der Waals surface area (Å²) in [5.41, 5.74) is 6.40.